The van der Waals surface area contributed by atoms with Crippen molar-refractivity contribution in [3.63, 3.8) is 0 Å². The number of carbonyl (C=O) groups excluding carboxylic acids is 2. The van der Waals surface area contributed by atoms with Crippen molar-refractivity contribution >= 4 is 23.3 Å². The van der Waals surface area contributed by atoms with Gasteiger partial charge in [-0.1, -0.05) is 0 Å². The van der Waals surface area contributed by atoms with Crippen LogP contribution in [0.5, 0.6) is 0 Å². The molecule has 0 radical (unpaired) electrons. The molecule has 2 saturated carbocycles. The molecule has 2 fully saturated rings. The van der Waals surface area contributed by atoms with Crippen molar-refractivity contribution in [1.82, 2.24) is 29.3 Å². The number of hydrogen-bond donors (Lipinski definition) is 0. The Morgan fingerprint density at radius 1 is 1.17 bits per heavy atom. The van der Waals surface area contributed by atoms with Gasteiger partial charge in [0.1, 0.15) is 5.69 Å². The highest BCUT2D eigenvalue weighted by Crippen LogP contribution is 2.29. The number of hydrogen-bond acceptors (Lipinski definition) is 6. The van der Waals surface area contributed by atoms with Crippen LogP contribution in [0.1, 0.15) is 52.1 Å². The number of aryl methyl sites for hydroxylation is 1. The highest BCUT2D eigenvalue weighted by Gasteiger charge is 2.33. The molecule has 9 nitrogen and oxygen atoms in total. The molecule has 0 saturated heterocycles. The maximum absolute atomic E-state index is 13.1. The quantitative estimate of drug-likeness (QED) is 0.554. The van der Waals surface area contributed by atoms with E-state index in [2.05, 4.69) is 20.1 Å². The highest BCUT2D eigenvalue weighted by atomic mass is 16.2. The smallest absolute Gasteiger partial charge is 0.257 e. The van der Waals surface area contributed by atoms with Crippen LogP contribution < -0.4 is 4.90 Å². The third-order valence-electron chi connectivity index (χ3n) is 6.01. The van der Waals surface area contributed by atoms with Crippen molar-refractivity contribution in [3.8, 4) is 0 Å². The monoisotopic (exact) mass is 407 g/mol. The summed E-state index contributed by atoms with van der Waals surface area (Å²) in [6, 6.07) is 4.55. The van der Waals surface area contributed by atoms with Crippen molar-refractivity contribution in [3.05, 3.63) is 41.3 Å². The summed E-state index contributed by atoms with van der Waals surface area (Å²) in [4.78, 5) is 34.3. The van der Waals surface area contributed by atoms with Gasteiger partial charge in [0.05, 0.1) is 11.8 Å². The number of pyridine rings is 1. The summed E-state index contributed by atoms with van der Waals surface area (Å²) in [5, 5.41) is 8.69. The Bertz CT molecular complexity index is 1140. The summed E-state index contributed by atoms with van der Waals surface area (Å²) in [5.74, 6) is 0.417. The minimum absolute atomic E-state index is 0.137. The van der Waals surface area contributed by atoms with E-state index in [0.29, 0.717) is 28.9 Å². The van der Waals surface area contributed by atoms with Gasteiger partial charge < -0.3 is 9.80 Å². The minimum atomic E-state index is -0.144. The summed E-state index contributed by atoms with van der Waals surface area (Å²) in [6.07, 6.45) is 7.87. The number of fused-ring (bicyclic) bond motifs is 1. The van der Waals surface area contributed by atoms with Crippen LogP contribution in [0.3, 0.4) is 0 Å². The van der Waals surface area contributed by atoms with Crippen LogP contribution in [0.2, 0.25) is 0 Å². The first kappa shape index (κ1) is 18.8. The van der Waals surface area contributed by atoms with Gasteiger partial charge in [-0.3, -0.25) is 14.3 Å². The Hall–Kier alpha value is -3.23. The Morgan fingerprint density at radius 2 is 1.90 bits per heavy atom. The lowest BCUT2D eigenvalue weighted by Gasteiger charge is -2.16. The van der Waals surface area contributed by atoms with Gasteiger partial charge in [-0.15, -0.1) is 5.10 Å². The van der Waals surface area contributed by atoms with E-state index in [0.717, 1.165) is 18.4 Å². The summed E-state index contributed by atoms with van der Waals surface area (Å²) in [5.41, 5.74) is 2.25. The lowest BCUT2D eigenvalue weighted by Crippen LogP contribution is -2.30. The van der Waals surface area contributed by atoms with Crippen LogP contribution in [0.4, 0.5) is 5.95 Å². The normalized spacial score (nSPS) is 16.1. The zero-order valence-corrected chi connectivity index (χ0v) is 17.4. The molecule has 2 aliphatic rings. The average molecular weight is 407 g/mol. The lowest BCUT2D eigenvalue weighted by molar-refractivity contribution is 0.0778. The van der Waals surface area contributed by atoms with Crippen LogP contribution in [0, 0.1) is 0 Å². The van der Waals surface area contributed by atoms with E-state index in [1.165, 1.54) is 23.7 Å². The van der Waals surface area contributed by atoms with Crippen molar-refractivity contribution in [1.29, 1.82) is 0 Å². The first-order valence-electron chi connectivity index (χ1n) is 10.3. The molecule has 0 unspecified atom stereocenters. The number of nitrogens with zero attached hydrogens (tertiary/aromatic N) is 7. The van der Waals surface area contributed by atoms with E-state index < -0.39 is 0 Å². The van der Waals surface area contributed by atoms with Gasteiger partial charge in [-0.25, -0.2) is 4.52 Å². The number of aromatic nitrogens is 5. The SMILES string of the molecule is CN(C(=O)c1cnn(C)c1C(=O)Cc1ccn2nc(N(C)C3CC3)nc2c1)C1CC1. The molecular formula is C21H25N7O2. The van der Waals surface area contributed by atoms with Crippen LogP contribution in [-0.2, 0) is 13.5 Å². The first-order valence-corrected chi connectivity index (χ1v) is 10.3. The molecule has 0 atom stereocenters. The fourth-order valence-corrected chi connectivity index (χ4v) is 3.81. The Morgan fingerprint density at radius 3 is 2.60 bits per heavy atom. The second-order valence-corrected chi connectivity index (χ2v) is 8.37. The number of ketones is 1. The molecule has 3 aromatic rings. The first-order chi connectivity index (χ1) is 14.4. The Balaban J connectivity index is 1.38. The minimum Gasteiger partial charge on any atom is -0.340 e. The van der Waals surface area contributed by atoms with Gasteiger partial charge in [0.15, 0.2) is 11.4 Å². The number of amides is 1. The summed E-state index contributed by atoms with van der Waals surface area (Å²) < 4.78 is 3.22. The molecule has 9 heteroatoms. The van der Waals surface area contributed by atoms with Crippen LogP contribution >= 0.6 is 0 Å². The number of rotatable bonds is 7. The molecular weight excluding hydrogens is 382 g/mol. The number of anilines is 1. The van der Waals surface area contributed by atoms with Crippen LogP contribution in [0.15, 0.2) is 24.5 Å². The fourth-order valence-electron chi connectivity index (χ4n) is 3.81. The van der Waals surface area contributed by atoms with E-state index in [1.807, 2.05) is 25.4 Å². The van der Waals surface area contributed by atoms with Gasteiger partial charge in [-0.2, -0.15) is 10.1 Å². The van der Waals surface area contributed by atoms with Crippen molar-refractivity contribution < 1.29 is 9.59 Å². The molecule has 0 aromatic carbocycles. The van der Waals surface area contributed by atoms with Crippen LogP contribution in [0.25, 0.3) is 5.65 Å². The molecule has 0 bridgehead atoms. The van der Waals surface area contributed by atoms with Gasteiger partial charge in [-0.05, 0) is 43.4 Å². The second kappa shape index (κ2) is 6.93. The number of Topliss-reactive ketones (excluding diaryl/α,β-unsaturated/α-hetero) is 1. The lowest BCUT2D eigenvalue weighted by atomic mass is 10.0. The standard InChI is InChI=1S/C21H25N7O2/c1-25(14-4-5-14)20(30)16-12-22-27(3)19(16)17(29)10-13-8-9-28-18(11-13)23-21(24-28)26(2)15-6-7-15/h8-9,11-12,14-15H,4-7,10H2,1-3H3. The Labute approximate surface area is 174 Å². The van der Waals surface area contributed by atoms with Crippen molar-refractivity contribution in [2.24, 2.45) is 7.05 Å². The summed E-state index contributed by atoms with van der Waals surface area (Å²) in [6.45, 7) is 0. The Kier molecular flexibility index (Phi) is 4.34. The average Bonchev–Trinajstić information content (AvgIpc) is 3.65. The molecule has 1 amide bonds. The van der Waals surface area contributed by atoms with Gasteiger partial charge in [0.2, 0.25) is 5.95 Å². The molecule has 5 rings (SSSR count). The van der Waals surface area contributed by atoms with Gasteiger partial charge >= 0.3 is 0 Å². The van der Waals surface area contributed by atoms with E-state index in [1.54, 1.807) is 23.5 Å². The maximum atomic E-state index is 13.1. The zero-order valence-electron chi connectivity index (χ0n) is 17.4. The highest BCUT2D eigenvalue weighted by molar-refractivity contribution is 6.07. The third kappa shape index (κ3) is 3.34. The number of carbonyl (C=O) groups is 2. The predicted octanol–water partition coefficient (Wildman–Crippen LogP) is 1.72. The topological polar surface area (TPSA) is 88.6 Å². The molecule has 0 aliphatic heterocycles. The van der Waals surface area contributed by atoms with Crippen molar-refractivity contribution in [2.45, 2.75) is 44.2 Å². The van der Waals surface area contributed by atoms with Gasteiger partial charge in [0, 0.05) is 45.8 Å². The molecule has 3 aromatic heterocycles. The van der Waals surface area contributed by atoms with Crippen LogP contribution in [-0.4, -0.2) is 67.1 Å². The van der Waals surface area contributed by atoms with Gasteiger partial charge in [0.25, 0.3) is 5.91 Å². The second-order valence-electron chi connectivity index (χ2n) is 8.37. The summed E-state index contributed by atoms with van der Waals surface area (Å²) >= 11 is 0. The van der Waals surface area contributed by atoms with Crippen molar-refractivity contribution in [2.75, 3.05) is 19.0 Å². The molecule has 156 valence electrons. The van der Waals surface area contributed by atoms with E-state index in [-0.39, 0.29) is 24.2 Å². The maximum Gasteiger partial charge on any atom is 0.257 e. The zero-order chi connectivity index (χ0) is 21.0. The third-order valence-corrected chi connectivity index (χ3v) is 6.01. The fraction of sp³-hybridized carbons (Fsp3) is 0.476. The van der Waals surface area contributed by atoms with E-state index in [9.17, 15) is 9.59 Å². The van der Waals surface area contributed by atoms with E-state index in [4.69, 9.17) is 0 Å². The van der Waals surface area contributed by atoms with E-state index >= 15 is 0 Å². The predicted molar refractivity (Wildman–Crippen MR) is 111 cm³/mol. The molecule has 0 N–H and O–H groups in total. The molecule has 2 aliphatic carbocycles. The molecule has 0 spiro atoms. The molecule has 3 heterocycles. The molecule has 30 heavy (non-hydrogen) atoms. The largest absolute Gasteiger partial charge is 0.340 e. The summed E-state index contributed by atoms with van der Waals surface area (Å²) in [7, 11) is 5.50.